The largest absolute Gasteiger partial charge is 0.481 e. The second-order valence-electron chi connectivity index (χ2n) is 4.87. The highest BCUT2D eigenvalue weighted by Crippen LogP contribution is 2.17. The molecule has 1 atom stereocenters. The first kappa shape index (κ1) is 16.3. The predicted molar refractivity (Wildman–Crippen MR) is 73.3 cm³/mol. The van der Waals surface area contributed by atoms with Crippen LogP contribution in [0.3, 0.4) is 0 Å². The lowest BCUT2D eigenvalue weighted by Gasteiger charge is -2.34. The van der Waals surface area contributed by atoms with Gasteiger partial charge in [0.25, 0.3) is 0 Å². The molecule has 0 spiro atoms. The molecule has 114 valence electrons. The number of carboxylic acid groups (broad SMARTS) is 1. The highest BCUT2D eigenvalue weighted by molar-refractivity contribution is 5.84. The molecule has 0 aromatic rings. The molecule has 0 bridgehead atoms. The second kappa shape index (κ2) is 7.72. The van der Waals surface area contributed by atoms with Crippen molar-refractivity contribution in [3.63, 3.8) is 0 Å². The van der Waals surface area contributed by atoms with Crippen molar-refractivity contribution >= 4 is 17.9 Å². The second-order valence-corrected chi connectivity index (χ2v) is 4.87. The molecule has 20 heavy (non-hydrogen) atoms. The van der Waals surface area contributed by atoms with Crippen LogP contribution in [-0.2, 0) is 9.59 Å². The average molecular weight is 285 g/mol. The number of hydrogen-bond acceptors (Lipinski definition) is 3. The summed E-state index contributed by atoms with van der Waals surface area (Å²) >= 11 is 0. The van der Waals surface area contributed by atoms with Crippen molar-refractivity contribution in [1.82, 2.24) is 15.1 Å². The molecule has 2 N–H and O–H groups in total. The monoisotopic (exact) mass is 285 g/mol. The Bertz CT molecular complexity index is 373. The zero-order valence-corrected chi connectivity index (χ0v) is 12.1. The van der Waals surface area contributed by atoms with Gasteiger partial charge in [0.2, 0.25) is 5.91 Å². The van der Waals surface area contributed by atoms with E-state index in [1.165, 1.54) is 9.80 Å². The number of piperidine rings is 1. The first-order chi connectivity index (χ1) is 9.49. The maximum atomic E-state index is 12.3. The SMILES string of the molecule is CCNC(=O)CN(CC)C(=O)N1CCC[C@@H](C(=O)O)C1. The summed E-state index contributed by atoms with van der Waals surface area (Å²) < 4.78 is 0. The summed E-state index contributed by atoms with van der Waals surface area (Å²) in [7, 11) is 0. The average Bonchev–Trinajstić information content (AvgIpc) is 2.44. The van der Waals surface area contributed by atoms with Gasteiger partial charge in [-0.1, -0.05) is 0 Å². The molecule has 1 aliphatic rings. The van der Waals surface area contributed by atoms with Gasteiger partial charge in [-0.05, 0) is 26.7 Å². The zero-order chi connectivity index (χ0) is 15.1. The minimum Gasteiger partial charge on any atom is -0.481 e. The van der Waals surface area contributed by atoms with Crippen molar-refractivity contribution in [1.29, 1.82) is 0 Å². The van der Waals surface area contributed by atoms with Gasteiger partial charge >= 0.3 is 12.0 Å². The van der Waals surface area contributed by atoms with Crippen LogP contribution in [0.25, 0.3) is 0 Å². The van der Waals surface area contributed by atoms with Crippen LogP contribution in [-0.4, -0.2) is 65.5 Å². The van der Waals surface area contributed by atoms with Gasteiger partial charge in [-0.2, -0.15) is 0 Å². The molecule has 0 aliphatic carbocycles. The Labute approximate surface area is 118 Å². The number of amides is 3. The molecule has 0 aromatic carbocycles. The molecule has 0 saturated carbocycles. The number of carboxylic acids is 1. The summed E-state index contributed by atoms with van der Waals surface area (Å²) in [6, 6.07) is -0.260. The van der Waals surface area contributed by atoms with Crippen LogP contribution >= 0.6 is 0 Å². The number of nitrogens with zero attached hydrogens (tertiary/aromatic N) is 2. The minimum absolute atomic E-state index is 0.0113. The lowest BCUT2D eigenvalue weighted by Crippen LogP contribution is -2.51. The van der Waals surface area contributed by atoms with Gasteiger partial charge in [0.1, 0.15) is 6.54 Å². The van der Waals surface area contributed by atoms with E-state index in [0.717, 1.165) is 0 Å². The topological polar surface area (TPSA) is 90.0 Å². The molecule has 1 aliphatic heterocycles. The molecular weight excluding hydrogens is 262 g/mol. The molecular formula is C13H23N3O4. The fourth-order valence-corrected chi connectivity index (χ4v) is 2.29. The number of urea groups is 1. The fraction of sp³-hybridized carbons (Fsp3) is 0.769. The Morgan fingerprint density at radius 3 is 2.60 bits per heavy atom. The Balaban J connectivity index is 2.61. The maximum Gasteiger partial charge on any atom is 0.320 e. The van der Waals surface area contributed by atoms with E-state index in [0.29, 0.717) is 32.5 Å². The highest BCUT2D eigenvalue weighted by atomic mass is 16.4. The summed E-state index contributed by atoms with van der Waals surface area (Å²) in [5.41, 5.74) is 0. The van der Waals surface area contributed by atoms with E-state index in [-0.39, 0.29) is 25.0 Å². The van der Waals surface area contributed by atoms with Gasteiger partial charge in [0, 0.05) is 26.2 Å². The highest BCUT2D eigenvalue weighted by Gasteiger charge is 2.30. The van der Waals surface area contributed by atoms with Crippen molar-refractivity contribution in [3.8, 4) is 0 Å². The van der Waals surface area contributed by atoms with E-state index in [1.54, 1.807) is 6.92 Å². The summed E-state index contributed by atoms with van der Waals surface area (Å²) in [4.78, 5) is 37.9. The summed E-state index contributed by atoms with van der Waals surface area (Å²) in [5.74, 6) is -1.57. The molecule has 1 fully saturated rings. The smallest absolute Gasteiger partial charge is 0.320 e. The van der Waals surface area contributed by atoms with E-state index in [4.69, 9.17) is 5.11 Å². The first-order valence-corrected chi connectivity index (χ1v) is 7.02. The van der Waals surface area contributed by atoms with Gasteiger partial charge in [-0.25, -0.2) is 4.79 Å². The van der Waals surface area contributed by atoms with Crippen molar-refractivity contribution in [3.05, 3.63) is 0 Å². The molecule has 0 aromatic heterocycles. The summed E-state index contributed by atoms with van der Waals surface area (Å²) in [6.07, 6.45) is 1.28. The minimum atomic E-state index is -0.866. The molecule has 1 saturated heterocycles. The van der Waals surface area contributed by atoms with Crippen molar-refractivity contribution < 1.29 is 19.5 Å². The Hall–Kier alpha value is -1.79. The van der Waals surface area contributed by atoms with E-state index < -0.39 is 11.9 Å². The van der Waals surface area contributed by atoms with Crippen LogP contribution in [0.15, 0.2) is 0 Å². The Kier molecular flexibility index (Phi) is 6.27. The molecule has 1 heterocycles. The summed E-state index contributed by atoms with van der Waals surface area (Å²) in [5, 5.41) is 11.7. The van der Waals surface area contributed by atoms with E-state index in [9.17, 15) is 14.4 Å². The van der Waals surface area contributed by atoms with Gasteiger partial charge in [0.15, 0.2) is 0 Å². The first-order valence-electron chi connectivity index (χ1n) is 7.02. The van der Waals surface area contributed by atoms with E-state index in [2.05, 4.69) is 5.32 Å². The number of hydrogen-bond donors (Lipinski definition) is 2. The zero-order valence-electron chi connectivity index (χ0n) is 12.1. The Morgan fingerprint density at radius 1 is 1.35 bits per heavy atom. The number of nitrogens with one attached hydrogen (secondary N) is 1. The number of aliphatic carboxylic acids is 1. The van der Waals surface area contributed by atoms with Crippen LogP contribution in [0.4, 0.5) is 4.79 Å². The third-order valence-electron chi connectivity index (χ3n) is 3.40. The number of likely N-dealkylation sites (tertiary alicyclic amines) is 1. The Morgan fingerprint density at radius 2 is 2.05 bits per heavy atom. The van der Waals surface area contributed by atoms with Crippen molar-refractivity contribution in [2.24, 2.45) is 5.92 Å². The molecule has 3 amide bonds. The maximum absolute atomic E-state index is 12.3. The van der Waals surface area contributed by atoms with Crippen LogP contribution < -0.4 is 5.32 Å². The predicted octanol–water partition coefficient (Wildman–Crippen LogP) is 0.361. The third kappa shape index (κ3) is 4.40. The van der Waals surface area contributed by atoms with Gasteiger partial charge < -0.3 is 20.2 Å². The van der Waals surface area contributed by atoms with E-state index >= 15 is 0 Å². The van der Waals surface area contributed by atoms with Crippen LogP contribution in [0.1, 0.15) is 26.7 Å². The van der Waals surface area contributed by atoms with Gasteiger partial charge in [-0.3, -0.25) is 9.59 Å². The standard InChI is InChI=1S/C13H23N3O4/c1-3-14-11(17)9-15(4-2)13(20)16-7-5-6-10(8-16)12(18)19/h10H,3-9H2,1-2H3,(H,14,17)(H,18,19)/t10-/m1/s1. The quantitative estimate of drug-likeness (QED) is 0.763. The van der Waals surface area contributed by atoms with Crippen LogP contribution in [0, 0.1) is 5.92 Å². The molecule has 0 unspecified atom stereocenters. The lowest BCUT2D eigenvalue weighted by atomic mass is 9.99. The molecule has 7 heteroatoms. The van der Waals surface area contributed by atoms with E-state index in [1.807, 2.05) is 6.92 Å². The molecule has 1 rings (SSSR count). The number of carbonyl (C=O) groups is 3. The summed E-state index contributed by atoms with van der Waals surface area (Å²) in [6.45, 7) is 5.35. The van der Waals surface area contributed by atoms with Gasteiger partial charge in [-0.15, -0.1) is 0 Å². The fourth-order valence-electron chi connectivity index (χ4n) is 2.29. The van der Waals surface area contributed by atoms with Crippen molar-refractivity contribution in [2.45, 2.75) is 26.7 Å². The van der Waals surface area contributed by atoms with Crippen molar-refractivity contribution in [2.75, 3.05) is 32.7 Å². The lowest BCUT2D eigenvalue weighted by molar-refractivity contribution is -0.143. The molecule has 0 radical (unpaired) electrons. The third-order valence-corrected chi connectivity index (χ3v) is 3.40. The number of likely N-dealkylation sites (N-methyl/N-ethyl adjacent to an activating group) is 2. The number of rotatable bonds is 5. The van der Waals surface area contributed by atoms with Crippen LogP contribution in [0.5, 0.6) is 0 Å². The molecule has 7 nitrogen and oxygen atoms in total. The normalized spacial score (nSPS) is 18.5. The van der Waals surface area contributed by atoms with Crippen LogP contribution in [0.2, 0.25) is 0 Å². The number of carbonyl (C=O) groups excluding carboxylic acids is 2. The van der Waals surface area contributed by atoms with Gasteiger partial charge in [0.05, 0.1) is 5.92 Å².